The molecule has 3 rings (SSSR count). The van der Waals surface area contributed by atoms with Gasteiger partial charge in [0.2, 0.25) is 11.8 Å². The van der Waals surface area contributed by atoms with Crippen molar-refractivity contribution in [3.63, 3.8) is 0 Å². The molecule has 202 valence electrons. The zero-order chi connectivity index (χ0) is 27.9. The Balaban J connectivity index is 1.98. The number of carbonyl (C=O) groups excluding carboxylic acids is 2. The van der Waals surface area contributed by atoms with Gasteiger partial charge in [0.05, 0.1) is 10.6 Å². The van der Waals surface area contributed by atoms with Gasteiger partial charge in [-0.1, -0.05) is 55.8 Å². The van der Waals surface area contributed by atoms with Gasteiger partial charge in [0.25, 0.3) is 10.0 Å². The number of amides is 2. The molecule has 0 aromatic heterocycles. The van der Waals surface area contributed by atoms with Crippen molar-refractivity contribution in [3.8, 4) is 0 Å². The second-order valence-corrected chi connectivity index (χ2v) is 11.6. The maximum Gasteiger partial charge on any atom is 0.264 e. The Hall–Kier alpha value is -3.43. The van der Waals surface area contributed by atoms with Crippen LogP contribution in [0.1, 0.15) is 26.3 Å². The third-order valence-electron chi connectivity index (χ3n) is 5.84. The summed E-state index contributed by atoms with van der Waals surface area (Å²) < 4.78 is 41.8. The number of nitrogens with one attached hydrogen (secondary N) is 1. The van der Waals surface area contributed by atoms with Crippen molar-refractivity contribution < 1.29 is 22.4 Å². The lowest BCUT2D eigenvalue weighted by Gasteiger charge is -2.32. The lowest BCUT2D eigenvalue weighted by Crippen LogP contribution is -2.51. The minimum Gasteiger partial charge on any atom is -0.354 e. The van der Waals surface area contributed by atoms with E-state index in [1.165, 1.54) is 29.2 Å². The van der Waals surface area contributed by atoms with Crippen molar-refractivity contribution in [2.24, 2.45) is 5.92 Å². The molecule has 7 nitrogen and oxygen atoms in total. The normalized spacial score (nSPS) is 12.2. The third kappa shape index (κ3) is 7.55. The van der Waals surface area contributed by atoms with E-state index in [9.17, 15) is 22.4 Å². The summed E-state index contributed by atoms with van der Waals surface area (Å²) in [5.41, 5.74) is 0.831. The van der Waals surface area contributed by atoms with Gasteiger partial charge in [-0.3, -0.25) is 13.9 Å². The molecule has 0 heterocycles. The molecule has 3 aromatic carbocycles. The van der Waals surface area contributed by atoms with E-state index < -0.39 is 34.3 Å². The topological polar surface area (TPSA) is 86.8 Å². The summed E-state index contributed by atoms with van der Waals surface area (Å²) in [4.78, 5) is 28.0. The van der Waals surface area contributed by atoms with Crippen LogP contribution in [-0.4, -0.2) is 44.3 Å². The second-order valence-electron chi connectivity index (χ2n) is 9.26. The standard InChI is InChI=1S/C28H31ClFN3O4S/c1-20(2)17-31-28(35)21(3)32(18-22-9-11-23(29)12-10-22)27(34)19-33(25-15-13-24(30)14-16-25)38(36,37)26-7-5-4-6-8-26/h4-16,20-21H,17-19H2,1-3H3,(H,31,35)/t21-/m0/s1. The van der Waals surface area contributed by atoms with Gasteiger partial charge < -0.3 is 10.2 Å². The minimum absolute atomic E-state index is 0.0240. The Morgan fingerprint density at radius 1 is 0.921 bits per heavy atom. The van der Waals surface area contributed by atoms with E-state index in [1.54, 1.807) is 49.4 Å². The van der Waals surface area contributed by atoms with Gasteiger partial charge in [0.1, 0.15) is 18.4 Å². The van der Waals surface area contributed by atoms with E-state index in [-0.39, 0.29) is 29.0 Å². The van der Waals surface area contributed by atoms with E-state index in [0.717, 1.165) is 16.4 Å². The summed E-state index contributed by atoms with van der Waals surface area (Å²) in [6, 6.07) is 18.4. The number of nitrogens with zero attached hydrogens (tertiary/aromatic N) is 2. The van der Waals surface area contributed by atoms with Crippen molar-refractivity contribution >= 4 is 39.1 Å². The molecule has 0 aliphatic heterocycles. The predicted octanol–water partition coefficient (Wildman–Crippen LogP) is 4.86. The van der Waals surface area contributed by atoms with Gasteiger partial charge in [-0.15, -0.1) is 0 Å². The van der Waals surface area contributed by atoms with Gasteiger partial charge in [-0.25, -0.2) is 12.8 Å². The number of anilines is 1. The average Bonchev–Trinajstić information content (AvgIpc) is 2.90. The van der Waals surface area contributed by atoms with Gasteiger partial charge in [-0.2, -0.15) is 0 Å². The quantitative estimate of drug-likeness (QED) is 0.363. The van der Waals surface area contributed by atoms with Crippen LogP contribution in [0, 0.1) is 11.7 Å². The minimum atomic E-state index is -4.20. The van der Waals surface area contributed by atoms with Crippen molar-refractivity contribution in [3.05, 3.63) is 95.3 Å². The van der Waals surface area contributed by atoms with Crippen LogP contribution in [0.5, 0.6) is 0 Å². The number of hydrogen-bond acceptors (Lipinski definition) is 4. The van der Waals surface area contributed by atoms with Gasteiger partial charge >= 0.3 is 0 Å². The molecule has 1 N–H and O–H groups in total. The average molecular weight is 560 g/mol. The lowest BCUT2D eigenvalue weighted by atomic mass is 10.1. The Morgan fingerprint density at radius 3 is 2.11 bits per heavy atom. The van der Waals surface area contributed by atoms with Crippen molar-refractivity contribution in [2.45, 2.75) is 38.3 Å². The fourth-order valence-corrected chi connectivity index (χ4v) is 5.24. The fraction of sp³-hybridized carbons (Fsp3) is 0.286. The number of hydrogen-bond donors (Lipinski definition) is 1. The zero-order valence-electron chi connectivity index (χ0n) is 21.5. The summed E-state index contributed by atoms with van der Waals surface area (Å²) in [5, 5.41) is 3.35. The number of sulfonamides is 1. The maximum absolute atomic E-state index is 13.8. The number of halogens is 2. The summed E-state index contributed by atoms with van der Waals surface area (Å²) >= 11 is 6.01. The summed E-state index contributed by atoms with van der Waals surface area (Å²) in [6.07, 6.45) is 0. The van der Waals surface area contributed by atoms with Gasteiger partial charge in [-0.05, 0) is 66.9 Å². The molecule has 0 bridgehead atoms. The van der Waals surface area contributed by atoms with Crippen LogP contribution in [0.3, 0.4) is 0 Å². The molecule has 38 heavy (non-hydrogen) atoms. The molecule has 0 saturated carbocycles. The van der Waals surface area contributed by atoms with Crippen LogP contribution in [-0.2, 0) is 26.2 Å². The SMILES string of the molecule is CC(C)CNC(=O)[C@H](C)N(Cc1ccc(Cl)cc1)C(=O)CN(c1ccc(F)cc1)S(=O)(=O)c1ccccc1. The Morgan fingerprint density at radius 2 is 1.53 bits per heavy atom. The molecular formula is C28H31ClFN3O4S. The van der Waals surface area contributed by atoms with Crippen LogP contribution in [0.25, 0.3) is 0 Å². The van der Waals surface area contributed by atoms with E-state index in [2.05, 4.69) is 5.32 Å². The highest BCUT2D eigenvalue weighted by Gasteiger charge is 2.32. The molecule has 0 saturated heterocycles. The summed E-state index contributed by atoms with van der Waals surface area (Å²) in [6.45, 7) is 5.38. The third-order valence-corrected chi connectivity index (χ3v) is 7.88. The summed E-state index contributed by atoms with van der Waals surface area (Å²) in [7, 11) is -4.20. The Bertz CT molecular complexity index is 1330. The van der Waals surface area contributed by atoms with Gasteiger partial charge in [0.15, 0.2) is 0 Å². The first-order chi connectivity index (χ1) is 18.0. The van der Waals surface area contributed by atoms with E-state index >= 15 is 0 Å². The zero-order valence-corrected chi connectivity index (χ0v) is 23.0. The molecule has 1 atom stereocenters. The first-order valence-corrected chi connectivity index (χ1v) is 14.0. The number of carbonyl (C=O) groups is 2. The van der Waals surface area contributed by atoms with Crippen LogP contribution >= 0.6 is 11.6 Å². The number of benzene rings is 3. The van der Waals surface area contributed by atoms with Crippen molar-refractivity contribution in [2.75, 3.05) is 17.4 Å². The van der Waals surface area contributed by atoms with E-state index in [1.807, 2.05) is 13.8 Å². The molecule has 0 fully saturated rings. The van der Waals surface area contributed by atoms with E-state index in [4.69, 9.17) is 11.6 Å². The number of rotatable bonds is 11. The van der Waals surface area contributed by atoms with Crippen molar-refractivity contribution in [1.82, 2.24) is 10.2 Å². The fourth-order valence-electron chi connectivity index (χ4n) is 3.68. The smallest absolute Gasteiger partial charge is 0.264 e. The monoisotopic (exact) mass is 559 g/mol. The summed E-state index contributed by atoms with van der Waals surface area (Å²) in [5.74, 6) is -1.30. The predicted molar refractivity (Wildman–Crippen MR) is 147 cm³/mol. The Labute approximate surface area is 228 Å². The molecule has 10 heteroatoms. The van der Waals surface area contributed by atoms with Gasteiger partial charge in [0, 0.05) is 18.1 Å². The van der Waals surface area contributed by atoms with Crippen LogP contribution in [0.15, 0.2) is 83.8 Å². The second kappa shape index (κ2) is 12.9. The molecule has 0 unspecified atom stereocenters. The van der Waals surface area contributed by atoms with Crippen molar-refractivity contribution in [1.29, 1.82) is 0 Å². The largest absolute Gasteiger partial charge is 0.354 e. The first-order valence-electron chi connectivity index (χ1n) is 12.1. The molecule has 2 amide bonds. The molecule has 3 aromatic rings. The first kappa shape index (κ1) is 29.1. The highest BCUT2D eigenvalue weighted by Crippen LogP contribution is 2.25. The Kier molecular flexibility index (Phi) is 9.88. The molecule has 0 aliphatic rings. The van der Waals surface area contributed by atoms with Crippen LogP contribution in [0.4, 0.5) is 10.1 Å². The molecule has 0 aliphatic carbocycles. The highest BCUT2D eigenvalue weighted by atomic mass is 35.5. The maximum atomic E-state index is 13.8. The molecule has 0 spiro atoms. The highest BCUT2D eigenvalue weighted by molar-refractivity contribution is 7.92. The molecular weight excluding hydrogens is 529 g/mol. The molecule has 0 radical (unpaired) electrons. The van der Waals surface area contributed by atoms with Crippen LogP contribution in [0.2, 0.25) is 5.02 Å². The lowest BCUT2D eigenvalue weighted by molar-refractivity contribution is -0.139. The van der Waals surface area contributed by atoms with Crippen LogP contribution < -0.4 is 9.62 Å². The van der Waals surface area contributed by atoms with E-state index in [0.29, 0.717) is 17.1 Å².